The van der Waals surface area contributed by atoms with Gasteiger partial charge in [-0.2, -0.15) is 0 Å². The van der Waals surface area contributed by atoms with Gasteiger partial charge in [-0.15, -0.1) is 0 Å². The molecule has 6 rings (SSSR count). The molecule has 27 heavy (non-hydrogen) atoms. The molecule has 0 amide bonds. The molecule has 1 aromatic rings. The van der Waals surface area contributed by atoms with E-state index in [0.717, 1.165) is 31.2 Å². The highest BCUT2D eigenvalue weighted by molar-refractivity contribution is 5.37. The van der Waals surface area contributed by atoms with Crippen molar-refractivity contribution in [1.82, 2.24) is 0 Å². The molecule has 1 aliphatic heterocycles. The van der Waals surface area contributed by atoms with Gasteiger partial charge in [-0.3, -0.25) is 0 Å². The molecule has 0 aromatic carbocycles. The fraction of sp³-hybridized carbons (Fsp3) is 0.826. The molecule has 0 bridgehead atoms. The fourth-order valence-corrected chi connectivity index (χ4v) is 8.63. The molecular formula is C23H32O4. The van der Waals surface area contributed by atoms with Crippen molar-refractivity contribution in [1.29, 1.82) is 0 Å². The van der Waals surface area contributed by atoms with Crippen LogP contribution in [0.15, 0.2) is 23.0 Å². The highest BCUT2D eigenvalue weighted by Crippen LogP contribution is 2.78. The van der Waals surface area contributed by atoms with Gasteiger partial charge in [0.05, 0.1) is 24.7 Å². The summed E-state index contributed by atoms with van der Waals surface area (Å²) >= 11 is 0. The van der Waals surface area contributed by atoms with E-state index in [1.807, 2.05) is 6.07 Å². The lowest BCUT2D eigenvalue weighted by molar-refractivity contribution is -0.193. The Bertz CT molecular complexity index is 760. The Kier molecular flexibility index (Phi) is 3.16. The Morgan fingerprint density at radius 2 is 1.93 bits per heavy atom. The normalized spacial score (nSPS) is 58.7. The van der Waals surface area contributed by atoms with Gasteiger partial charge >= 0.3 is 0 Å². The van der Waals surface area contributed by atoms with Gasteiger partial charge in [0, 0.05) is 17.4 Å². The number of rotatable bonds is 1. The summed E-state index contributed by atoms with van der Waals surface area (Å²) in [6.45, 7) is 4.77. The Balaban J connectivity index is 1.40. The Morgan fingerprint density at radius 3 is 2.70 bits per heavy atom. The Labute approximate surface area is 161 Å². The predicted molar refractivity (Wildman–Crippen MR) is 99.8 cm³/mol. The van der Waals surface area contributed by atoms with Crippen LogP contribution in [0.1, 0.15) is 70.8 Å². The first-order valence-corrected chi connectivity index (χ1v) is 11.0. The number of hydrogen-bond donors (Lipinski definition) is 2. The van der Waals surface area contributed by atoms with Gasteiger partial charge in [0.2, 0.25) is 0 Å². The molecule has 5 aliphatic rings. The van der Waals surface area contributed by atoms with E-state index in [1.165, 1.54) is 19.3 Å². The quantitative estimate of drug-likeness (QED) is 0.731. The third-order valence-electron chi connectivity index (χ3n) is 10.2. The standard InChI is InChI=1S/C23H32O4/c1-20-8-5-16(24)11-14(20)3-4-18-17(20)6-9-21(2)22(25,15-7-10-26-13-15)12-19-23(18,21)27-19/h7,10,13-14,16-19,24-25H,3-6,8-9,11-12H2,1-2H3/t14-,16-,17+,18-,19-,20+,21-,22+,23-/m1/s1. The molecule has 4 saturated carbocycles. The van der Waals surface area contributed by atoms with E-state index < -0.39 is 5.60 Å². The van der Waals surface area contributed by atoms with E-state index in [0.29, 0.717) is 29.6 Å². The second-order valence-corrected chi connectivity index (χ2v) is 10.8. The number of aliphatic hydroxyl groups excluding tert-OH is 1. The molecule has 148 valence electrons. The van der Waals surface area contributed by atoms with Crippen LogP contribution in [-0.2, 0) is 10.3 Å². The topological polar surface area (TPSA) is 66.1 Å². The van der Waals surface area contributed by atoms with Crippen molar-refractivity contribution < 1.29 is 19.4 Å². The van der Waals surface area contributed by atoms with Crippen LogP contribution < -0.4 is 0 Å². The van der Waals surface area contributed by atoms with Crippen molar-refractivity contribution >= 4 is 0 Å². The van der Waals surface area contributed by atoms with E-state index in [9.17, 15) is 10.2 Å². The minimum Gasteiger partial charge on any atom is -0.472 e. The number of epoxide rings is 1. The van der Waals surface area contributed by atoms with E-state index in [4.69, 9.17) is 9.15 Å². The molecule has 1 spiro atoms. The first-order chi connectivity index (χ1) is 12.9. The number of fused-ring (bicyclic) bond motifs is 3. The maximum atomic E-state index is 11.9. The van der Waals surface area contributed by atoms with Crippen LogP contribution >= 0.6 is 0 Å². The van der Waals surface area contributed by atoms with Gasteiger partial charge < -0.3 is 19.4 Å². The van der Waals surface area contributed by atoms with Gasteiger partial charge in [0.15, 0.2) is 0 Å². The summed E-state index contributed by atoms with van der Waals surface area (Å²) < 4.78 is 11.9. The summed E-state index contributed by atoms with van der Waals surface area (Å²) in [5.41, 5.74) is 0.0118. The molecule has 0 radical (unpaired) electrons. The second-order valence-electron chi connectivity index (χ2n) is 10.8. The molecule has 9 atom stereocenters. The van der Waals surface area contributed by atoms with Crippen molar-refractivity contribution in [2.45, 2.75) is 88.6 Å². The average molecular weight is 373 g/mol. The summed E-state index contributed by atoms with van der Waals surface area (Å²) in [6.07, 6.45) is 11.8. The van der Waals surface area contributed by atoms with Crippen LogP contribution in [0.25, 0.3) is 0 Å². The molecule has 1 saturated heterocycles. The van der Waals surface area contributed by atoms with Crippen LogP contribution in [0.2, 0.25) is 0 Å². The lowest BCUT2D eigenvalue weighted by Crippen LogP contribution is -2.61. The molecular weight excluding hydrogens is 340 g/mol. The predicted octanol–water partition coefficient (Wildman–Crippen LogP) is 4.00. The zero-order valence-corrected chi connectivity index (χ0v) is 16.5. The molecule has 5 fully saturated rings. The van der Waals surface area contributed by atoms with Gasteiger partial charge in [0.1, 0.15) is 11.2 Å². The molecule has 4 heteroatoms. The van der Waals surface area contributed by atoms with Gasteiger partial charge in [-0.1, -0.05) is 13.8 Å². The molecule has 4 nitrogen and oxygen atoms in total. The van der Waals surface area contributed by atoms with E-state index in [-0.39, 0.29) is 23.2 Å². The summed E-state index contributed by atoms with van der Waals surface area (Å²) in [5.74, 6) is 1.85. The SMILES string of the molecule is C[C@]12CC[C@@H](O)C[C@H]1CC[C@@H]1[C@@H]2CC[C@@]2(C)[C@@]13O[C@@H]3C[C@]2(O)c1ccoc1. The van der Waals surface area contributed by atoms with Crippen LogP contribution in [0.3, 0.4) is 0 Å². The van der Waals surface area contributed by atoms with Crippen LogP contribution in [0.4, 0.5) is 0 Å². The first kappa shape index (κ1) is 17.1. The number of hydrogen-bond acceptors (Lipinski definition) is 4. The van der Waals surface area contributed by atoms with Crippen molar-refractivity contribution in [3.8, 4) is 0 Å². The molecule has 1 aromatic heterocycles. The molecule has 4 aliphatic carbocycles. The second kappa shape index (κ2) is 5.01. The van der Waals surface area contributed by atoms with Crippen molar-refractivity contribution in [3.05, 3.63) is 24.2 Å². The van der Waals surface area contributed by atoms with Gasteiger partial charge in [-0.05, 0) is 74.2 Å². The van der Waals surface area contributed by atoms with E-state index >= 15 is 0 Å². The number of furan rings is 1. The van der Waals surface area contributed by atoms with Gasteiger partial charge in [-0.25, -0.2) is 0 Å². The average Bonchev–Trinajstić information content (AvgIpc) is 3.03. The molecule has 0 unspecified atom stereocenters. The van der Waals surface area contributed by atoms with Crippen molar-refractivity contribution in [2.75, 3.05) is 0 Å². The third kappa shape index (κ3) is 1.78. The largest absolute Gasteiger partial charge is 0.472 e. The first-order valence-electron chi connectivity index (χ1n) is 11.0. The fourth-order valence-electron chi connectivity index (χ4n) is 8.63. The Hall–Kier alpha value is -0.840. The lowest BCUT2D eigenvalue weighted by Gasteiger charge is -2.61. The highest BCUT2D eigenvalue weighted by atomic mass is 16.6. The zero-order valence-electron chi connectivity index (χ0n) is 16.5. The monoisotopic (exact) mass is 372 g/mol. The highest BCUT2D eigenvalue weighted by Gasteiger charge is 2.84. The maximum Gasteiger partial charge on any atom is 0.106 e. The minimum atomic E-state index is -0.839. The van der Waals surface area contributed by atoms with E-state index in [2.05, 4.69) is 13.8 Å². The molecule has 2 heterocycles. The summed E-state index contributed by atoms with van der Waals surface area (Å²) in [7, 11) is 0. The molecule has 2 N–H and O–H groups in total. The third-order valence-corrected chi connectivity index (χ3v) is 10.2. The minimum absolute atomic E-state index is 0.103. The lowest BCUT2D eigenvalue weighted by atomic mass is 9.43. The van der Waals surface area contributed by atoms with Crippen molar-refractivity contribution in [3.63, 3.8) is 0 Å². The number of ether oxygens (including phenoxy) is 1. The number of aliphatic hydroxyl groups is 2. The van der Waals surface area contributed by atoms with Crippen LogP contribution in [0.5, 0.6) is 0 Å². The van der Waals surface area contributed by atoms with Crippen LogP contribution in [-0.4, -0.2) is 28.0 Å². The van der Waals surface area contributed by atoms with Crippen LogP contribution in [0, 0.1) is 28.6 Å². The summed E-state index contributed by atoms with van der Waals surface area (Å²) in [5, 5.41) is 22.1. The maximum absolute atomic E-state index is 11.9. The summed E-state index contributed by atoms with van der Waals surface area (Å²) in [4.78, 5) is 0. The summed E-state index contributed by atoms with van der Waals surface area (Å²) in [6, 6.07) is 1.94. The van der Waals surface area contributed by atoms with E-state index in [1.54, 1.807) is 12.5 Å². The smallest absolute Gasteiger partial charge is 0.106 e. The Morgan fingerprint density at radius 1 is 1.07 bits per heavy atom. The zero-order chi connectivity index (χ0) is 18.7. The van der Waals surface area contributed by atoms with Gasteiger partial charge in [0.25, 0.3) is 0 Å². The van der Waals surface area contributed by atoms with Crippen molar-refractivity contribution in [2.24, 2.45) is 28.6 Å².